The van der Waals surface area contributed by atoms with Gasteiger partial charge in [-0.05, 0) is 17.7 Å². The molecular weight excluding hydrogens is 327 g/mol. The van der Waals surface area contributed by atoms with E-state index in [9.17, 15) is 18.3 Å². The Hall–Kier alpha value is -1.80. The lowest BCUT2D eigenvalue weighted by molar-refractivity contribution is -0.134. The third-order valence-corrected chi connectivity index (χ3v) is 4.84. The molecule has 0 amide bonds. The summed E-state index contributed by atoms with van der Waals surface area (Å²) in [6.45, 7) is 3.49. The number of benzene rings is 1. The lowest BCUT2D eigenvalue weighted by Gasteiger charge is -2.34. The van der Waals surface area contributed by atoms with Crippen molar-refractivity contribution in [1.82, 2.24) is 9.88 Å². The summed E-state index contributed by atoms with van der Waals surface area (Å²) in [4.78, 5) is 7.34. The van der Waals surface area contributed by atoms with Crippen molar-refractivity contribution >= 4 is 16.5 Å². The normalized spacial score (nSPS) is 16.7. The van der Waals surface area contributed by atoms with Gasteiger partial charge < -0.3 is 10.0 Å². The molecule has 23 heavy (non-hydrogen) atoms. The Morgan fingerprint density at radius 1 is 1.17 bits per heavy atom. The number of hydrogen-bond donors (Lipinski definition) is 1. The van der Waals surface area contributed by atoms with E-state index in [1.165, 1.54) is 0 Å². The minimum absolute atomic E-state index is 0.239. The van der Waals surface area contributed by atoms with Crippen LogP contribution in [0.5, 0.6) is 5.75 Å². The highest BCUT2D eigenvalue weighted by Crippen LogP contribution is 2.36. The van der Waals surface area contributed by atoms with E-state index >= 15 is 0 Å². The van der Waals surface area contributed by atoms with Crippen molar-refractivity contribution < 1.29 is 18.3 Å². The molecular formula is C15H16F3N3OS. The minimum Gasteiger partial charge on any atom is -0.508 e. The van der Waals surface area contributed by atoms with E-state index in [0.717, 1.165) is 24.8 Å². The number of thiazole rings is 1. The molecule has 0 bridgehead atoms. The minimum atomic E-state index is -4.33. The molecule has 8 heteroatoms. The summed E-state index contributed by atoms with van der Waals surface area (Å²) < 4.78 is 37.9. The molecule has 1 saturated heterocycles. The van der Waals surface area contributed by atoms with E-state index in [0.29, 0.717) is 36.1 Å². The van der Waals surface area contributed by atoms with Gasteiger partial charge in [0.2, 0.25) is 0 Å². The molecule has 2 aromatic rings. The first-order valence-electron chi connectivity index (χ1n) is 7.20. The molecule has 1 N–H and O–H groups in total. The van der Waals surface area contributed by atoms with Crippen molar-refractivity contribution in [3.05, 3.63) is 40.9 Å². The lowest BCUT2D eigenvalue weighted by atomic mass is 10.2. The third-order valence-electron chi connectivity index (χ3n) is 3.73. The van der Waals surface area contributed by atoms with E-state index in [-0.39, 0.29) is 5.75 Å². The van der Waals surface area contributed by atoms with Gasteiger partial charge in [0.15, 0.2) is 5.13 Å². The van der Waals surface area contributed by atoms with Crippen molar-refractivity contribution in [3.63, 3.8) is 0 Å². The van der Waals surface area contributed by atoms with Crippen LogP contribution in [0.15, 0.2) is 30.5 Å². The van der Waals surface area contributed by atoms with Crippen molar-refractivity contribution in [3.8, 4) is 5.75 Å². The molecule has 0 aliphatic carbocycles. The lowest BCUT2D eigenvalue weighted by Crippen LogP contribution is -2.45. The smallest absolute Gasteiger partial charge is 0.427 e. The summed E-state index contributed by atoms with van der Waals surface area (Å²) in [6, 6.07) is 7.10. The Bertz CT molecular complexity index is 666. The highest BCUT2D eigenvalue weighted by atomic mass is 32.1. The molecule has 1 aliphatic rings. The molecule has 1 aliphatic heterocycles. The van der Waals surface area contributed by atoms with Crippen LogP contribution < -0.4 is 4.90 Å². The number of halogens is 3. The Morgan fingerprint density at radius 2 is 1.91 bits per heavy atom. The highest BCUT2D eigenvalue weighted by molar-refractivity contribution is 7.15. The fourth-order valence-electron chi connectivity index (χ4n) is 2.55. The topological polar surface area (TPSA) is 39.6 Å². The number of aromatic nitrogens is 1. The standard InChI is InChI=1S/C15H16F3N3OS/c16-15(17,18)13-9-19-14(23-13)21-6-4-20(5-7-21)10-11-2-1-3-12(22)8-11/h1-3,8-9,22H,4-7,10H2. The zero-order valence-electron chi connectivity index (χ0n) is 12.3. The second-order valence-electron chi connectivity index (χ2n) is 5.44. The second kappa shape index (κ2) is 6.37. The molecule has 124 valence electrons. The van der Waals surface area contributed by atoms with Crippen LogP contribution in [0.4, 0.5) is 18.3 Å². The van der Waals surface area contributed by atoms with Crippen molar-refractivity contribution in [2.45, 2.75) is 12.7 Å². The zero-order chi connectivity index (χ0) is 16.4. The monoisotopic (exact) mass is 343 g/mol. The van der Waals surface area contributed by atoms with Crippen molar-refractivity contribution in [2.24, 2.45) is 0 Å². The van der Waals surface area contributed by atoms with Crippen LogP contribution in [0.3, 0.4) is 0 Å². The Labute approximate surface area is 135 Å². The predicted molar refractivity (Wildman–Crippen MR) is 82.7 cm³/mol. The van der Waals surface area contributed by atoms with Crippen LogP contribution in [0.1, 0.15) is 10.4 Å². The molecule has 3 rings (SSSR count). The maximum absolute atomic E-state index is 12.6. The van der Waals surface area contributed by atoms with E-state index in [4.69, 9.17) is 0 Å². The van der Waals surface area contributed by atoms with Gasteiger partial charge in [-0.15, -0.1) is 0 Å². The van der Waals surface area contributed by atoms with Gasteiger partial charge in [0.05, 0.1) is 6.20 Å². The van der Waals surface area contributed by atoms with Crippen molar-refractivity contribution in [1.29, 1.82) is 0 Å². The fourth-order valence-corrected chi connectivity index (χ4v) is 3.39. The van der Waals surface area contributed by atoms with Gasteiger partial charge >= 0.3 is 6.18 Å². The molecule has 1 aromatic carbocycles. The maximum Gasteiger partial charge on any atom is 0.427 e. The number of hydrogen-bond acceptors (Lipinski definition) is 5. The molecule has 0 spiro atoms. The SMILES string of the molecule is Oc1cccc(CN2CCN(c3ncc(C(F)(F)F)s3)CC2)c1. The van der Waals surface area contributed by atoms with Crippen LogP contribution in [0.2, 0.25) is 0 Å². The van der Waals surface area contributed by atoms with Gasteiger partial charge in [-0.3, -0.25) is 4.90 Å². The molecule has 0 saturated carbocycles. The fraction of sp³-hybridized carbons (Fsp3) is 0.400. The molecule has 1 fully saturated rings. The van der Waals surface area contributed by atoms with E-state index in [2.05, 4.69) is 9.88 Å². The average Bonchev–Trinajstić information content (AvgIpc) is 2.98. The number of piperazine rings is 1. The number of nitrogens with zero attached hydrogens (tertiary/aromatic N) is 3. The van der Waals surface area contributed by atoms with Gasteiger partial charge in [0.1, 0.15) is 10.6 Å². The first-order chi connectivity index (χ1) is 10.9. The summed E-state index contributed by atoms with van der Waals surface area (Å²) in [5.41, 5.74) is 1.02. The Balaban J connectivity index is 1.57. The van der Waals surface area contributed by atoms with Crippen LogP contribution in [0.25, 0.3) is 0 Å². The number of aromatic hydroxyl groups is 1. The molecule has 1 aromatic heterocycles. The highest BCUT2D eigenvalue weighted by Gasteiger charge is 2.34. The molecule has 0 radical (unpaired) electrons. The van der Waals surface area contributed by atoms with Gasteiger partial charge in [-0.1, -0.05) is 23.5 Å². The van der Waals surface area contributed by atoms with Crippen LogP contribution in [0, 0.1) is 0 Å². The quantitative estimate of drug-likeness (QED) is 0.929. The summed E-state index contributed by atoms with van der Waals surface area (Å²) in [6.07, 6.45) is -3.42. The van der Waals surface area contributed by atoms with Gasteiger partial charge in [0.25, 0.3) is 0 Å². The van der Waals surface area contributed by atoms with Gasteiger partial charge in [-0.25, -0.2) is 4.98 Å². The summed E-state index contributed by atoms with van der Waals surface area (Å²) in [5, 5.41) is 9.90. The predicted octanol–water partition coefficient (Wildman–Crippen LogP) is 3.19. The van der Waals surface area contributed by atoms with Gasteiger partial charge in [-0.2, -0.15) is 13.2 Å². The second-order valence-corrected chi connectivity index (χ2v) is 6.45. The number of phenols is 1. The molecule has 2 heterocycles. The summed E-state index contributed by atoms with van der Waals surface area (Å²) in [5.74, 6) is 0.239. The largest absolute Gasteiger partial charge is 0.508 e. The number of phenolic OH excluding ortho intramolecular Hbond substituents is 1. The third kappa shape index (κ3) is 3.94. The van der Waals surface area contributed by atoms with Crippen LogP contribution in [-0.4, -0.2) is 41.2 Å². The number of anilines is 1. The Morgan fingerprint density at radius 3 is 2.52 bits per heavy atom. The number of rotatable bonds is 3. The molecule has 4 nitrogen and oxygen atoms in total. The first-order valence-corrected chi connectivity index (χ1v) is 8.02. The molecule has 0 unspecified atom stereocenters. The van der Waals surface area contributed by atoms with Crippen LogP contribution in [-0.2, 0) is 12.7 Å². The molecule has 0 atom stereocenters. The zero-order valence-corrected chi connectivity index (χ0v) is 13.1. The van der Waals surface area contributed by atoms with E-state index in [1.807, 2.05) is 11.0 Å². The summed E-state index contributed by atoms with van der Waals surface area (Å²) >= 11 is 0.692. The average molecular weight is 343 g/mol. The Kier molecular flexibility index (Phi) is 4.45. The van der Waals surface area contributed by atoms with Gasteiger partial charge in [0, 0.05) is 32.7 Å². The van der Waals surface area contributed by atoms with E-state index < -0.39 is 11.1 Å². The number of alkyl halides is 3. The van der Waals surface area contributed by atoms with Crippen molar-refractivity contribution in [2.75, 3.05) is 31.1 Å². The maximum atomic E-state index is 12.6. The van der Waals surface area contributed by atoms with Crippen LogP contribution >= 0.6 is 11.3 Å². The summed E-state index contributed by atoms with van der Waals surface area (Å²) in [7, 11) is 0. The van der Waals surface area contributed by atoms with E-state index in [1.54, 1.807) is 18.2 Å². The first kappa shape index (κ1) is 16.1.